The zero-order valence-corrected chi connectivity index (χ0v) is 10.2. The second-order valence-corrected chi connectivity index (χ2v) is 4.96. The minimum atomic E-state index is -0.980. The SMILES string of the molecule is Cn1ccc(CC2(O)CCc3c(F)cccc32)n1. The monoisotopic (exact) mass is 246 g/mol. The summed E-state index contributed by atoms with van der Waals surface area (Å²) in [7, 11) is 1.84. The number of nitrogens with zero attached hydrogens (tertiary/aromatic N) is 2. The minimum absolute atomic E-state index is 0.218. The predicted octanol–water partition coefficient (Wildman–Crippen LogP) is 1.94. The zero-order chi connectivity index (χ0) is 12.8. The van der Waals surface area contributed by atoms with E-state index in [9.17, 15) is 9.50 Å². The van der Waals surface area contributed by atoms with E-state index in [-0.39, 0.29) is 5.82 Å². The van der Waals surface area contributed by atoms with E-state index in [1.807, 2.05) is 25.4 Å². The summed E-state index contributed by atoms with van der Waals surface area (Å²) in [6, 6.07) is 6.80. The Morgan fingerprint density at radius 2 is 2.28 bits per heavy atom. The Morgan fingerprint density at radius 3 is 3.00 bits per heavy atom. The molecule has 0 spiro atoms. The average molecular weight is 246 g/mol. The van der Waals surface area contributed by atoms with Crippen molar-refractivity contribution in [2.75, 3.05) is 0 Å². The van der Waals surface area contributed by atoms with E-state index in [0.717, 1.165) is 5.69 Å². The second kappa shape index (κ2) is 3.92. The number of aromatic nitrogens is 2. The third-order valence-corrected chi connectivity index (χ3v) is 3.65. The van der Waals surface area contributed by atoms with Crippen molar-refractivity contribution < 1.29 is 9.50 Å². The Bertz CT molecular complexity index is 593. The summed E-state index contributed by atoms with van der Waals surface area (Å²) in [5, 5.41) is 15.0. The van der Waals surface area contributed by atoms with Crippen molar-refractivity contribution >= 4 is 0 Å². The number of rotatable bonds is 2. The average Bonchev–Trinajstić information content (AvgIpc) is 2.86. The molecule has 1 heterocycles. The molecule has 0 saturated carbocycles. The lowest BCUT2D eigenvalue weighted by Crippen LogP contribution is -2.25. The highest BCUT2D eigenvalue weighted by molar-refractivity contribution is 5.39. The zero-order valence-electron chi connectivity index (χ0n) is 10.2. The van der Waals surface area contributed by atoms with Gasteiger partial charge in [-0.25, -0.2) is 4.39 Å². The molecule has 0 radical (unpaired) electrons. The van der Waals surface area contributed by atoms with Gasteiger partial charge in [-0.3, -0.25) is 4.68 Å². The van der Waals surface area contributed by atoms with E-state index in [1.165, 1.54) is 6.07 Å². The van der Waals surface area contributed by atoms with Crippen LogP contribution in [-0.2, 0) is 25.5 Å². The van der Waals surface area contributed by atoms with Crippen molar-refractivity contribution in [3.05, 3.63) is 53.1 Å². The number of aliphatic hydroxyl groups is 1. The Balaban J connectivity index is 1.96. The molecule has 1 atom stereocenters. The molecule has 1 aromatic heterocycles. The fourth-order valence-corrected chi connectivity index (χ4v) is 2.76. The van der Waals surface area contributed by atoms with Crippen LogP contribution in [0.15, 0.2) is 30.5 Å². The van der Waals surface area contributed by atoms with Gasteiger partial charge in [0.1, 0.15) is 5.82 Å². The third-order valence-electron chi connectivity index (χ3n) is 3.65. The Kier molecular flexibility index (Phi) is 2.48. The quantitative estimate of drug-likeness (QED) is 0.879. The fraction of sp³-hybridized carbons (Fsp3) is 0.357. The second-order valence-electron chi connectivity index (χ2n) is 4.96. The summed E-state index contributed by atoms with van der Waals surface area (Å²) in [6.07, 6.45) is 3.43. The number of aryl methyl sites for hydroxylation is 1. The van der Waals surface area contributed by atoms with Gasteiger partial charge in [0, 0.05) is 19.7 Å². The van der Waals surface area contributed by atoms with Crippen molar-refractivity contribution in [3.8, 4) is 0 Å². The molecule has 4 heteroatoms. The van der Waals surface area contributed by atoms with E-state index in [4.69, 9.17) is 0 Å². The summed E-state index contributed by atoms with van der Waals surface area (Å²) in [4.78, 5) is 0. The molecule has 1 N–H and O–H groups in total. The van der Waals surface area contributed by atoms with Gasteiger partial charge >= 0.3 is 0 Å². The van der Waals surface area contributed by atoms with Gasteiger partial charge < -0.3 is 5.11 Å². The van der Waals surface area contributed by atoms with Gasteiger partial charge in [-0.05, 0) is 36.1 Å². The van der Waals surface area contributed by atoms with E-state index < -0.39 is 5.60 Å². The number of hydrogen-bond donors (Lipinski definition) is 1. The van der Waals surface area contributed by atoms with Crippen LogP contribution in [0.5, 0.6) is 0 Å². The van der Waals surface area contributed by atoms with Crippen LogP contribution >= 0.6 is 0 Å². The molecule has 18 heavy (non-hydrogen) atoms. The van der Waals surface area contributed by atoms with Crippen molar-refractivity contribution in [3.63, 3.8) is 0 Å². The van der Waals surface area contributed by atoms with E-state index in [0.29, 0.717) is 30.4 Å². The first kappa shape index (κ1) is 11.4. The molecule has 2 aromatic rings. The molecular weight excluding hydrogens is 231 g/mol. The first-order valence-corrected chi connectivity index (χ1v) is 6.07. The van der Waals surface area contributed by atoms with Gasteiger partial charge in [-0.15, -0.1) is 0 Å². The van der Waals surface area contributed by atoms with Gasteiger partial charge in [0.15, 0.2) is 0 Å². The molecule has 0 bridgehead atoms. The highest BCUT2D eigenvalue weighted by Crippen LogP contribution is 2.40. The lowest BCUT2D eigenvalue weighted by atomic mass is 9.91. The van der Waals surface area contributed by atoms with Gasteiger partial charge in [0.05, 0.1) is 11.3 Å². The summed E-state index contributed by atoms with van der Waals surface area (Å²) < 4.78 is 15.4. The number of halogens is 1. The van der Waals surface area contributed by atoms with Crippen LogP contribution in [0.4, 0.5) is 4.39 Å². The first-order chi connectivity index (χ1) is 8.58. The molecule has 3 rings (SSSR count). The summed E-state index contributed by atoms with van der Waals surface area (Å²) >= 11 is 0. The van der Waals surface area contributed by atoms with Crippen molar-refractivity contribution in [1.82, 2.24) is 9.78 Å². The van der Waals surface area contributed by atoms with E-state index in [2.05, 4.69) is 5.10 Å². The molecule has 0 amide bonds. The highest BCUT2D eigenvalue weighted by atomic mass is 19.1. The lowest BCUT2D eigenvalue weighted by Gasteiger charge is -2.23. The van der Waals surface area contributed by atoms with Crippen LogP contribution in [0.1, 0.15) is 23.2 Å². The highest BCUT2D eigenvalue weighted by Gasteiger charge is 2.38. The van der Waals surface area contributed by atoms with E-state index in [1.54, 1.807) is 10.7 Å². The Hall–Kier alpha value is -1.68. The van der Waals surface area contributed by atoms with Gasteiger partial charge in [-0.1, -0.05) is 12.1 Å². The van der Waals surface area contributed by atoms with Gasteiger partial charge in [0.25, 0.3) is 0 Å². The molecule has 1 aromatic carbocycles. The minimum Gasteiger partial charge on any atom is -0.385 e. The van der Waals surface area contributed by atoms with Crippen molar-refractivity contribution in [2.24, 2.45) is 7.05 Å². The molecule has 94 valence electrons. The normalized spacial score (nSPS) is 22.2. The standard InChI is InChI=1S/C14H15FN2O/c1-17-8-6-10(16-17)9-14(18)7-5-11-12(14)3-2-4-13(11)15/h2-4,6,8,18H,5,7,9H2,1H3. The summed E-state index contributed by atoms with van der Waals surface area (Å²) in [5.74, 6) is -0.218. The van der Waals surface area contributed by atoms with Crippen LogP contribution in [0.3, 0.4) is 0 Å². The Morgan fingerprint density at radius 1 is 1.44 bits per heavy atom. The maximum Gasteiger partial charge on any atom is 0.126 e. The number of benzene rings is 1. The maximum absolute atomic E-state index is 13.6. The third kappa shape index (κ3) is 1.73. The molecule has 0 fully saturated rings. The lowest BCUT2D eigenvalue weighted by molar-refractivity contribution is 0.0378. The van der Waals surface area contributed by atoms with Crippen LogP contribution < -0.4 is 0 Å². The summed E-state index contributed by atoms with van der Waals surface area (Å²) in [6.45, 7) is 0. The smallest absolute Gasteiger partial charge is 0.126 e. The largest absolute Gasteiger partial charge is 0.385 e. The molecule has 0 saturated heterocycles. The molecule has 1 aliphatic carbocycles. The summed E-state index contributed by atoms with van der Waals surface area (Å²) in [5.41, 5.74) is 1.22. The molecule has 1 unspecified atom stereocenters. The Labute approximate surface area is 105 Å². The first-order valence-electron chi connectivity index (χ1n) is 6.07. The molecule has 0 aliphatic heterocycles. The predicted molar refractivity (Wildman–Crippen MR) is 65.5 cm³/mol. The van der Waals surface area contributed by atoms with Crippen molar-refractivity contribution in [2.45, 2.75) is 24.9 Å². The number of hydrogen-bond acceptors (Lipinski definition) is 2. The molecule has 3 nitrogen and oxygen atoms in total. The molecule has 1 aliphatic rings. The van der Waals surface area contributed by atoms with Gasteiger partial charge in [-0.2, -0.15) is 5.10 Å². The van der Waals surface area contributed by atoms with Gasteiger partial charge in [0.2, 0.25) is 0 Å². The van der Waals surface area contributed by atoms with Crippen LogP contribution in [-0.4, -0.2) is 14.9 Å². The maximum atomic E-state index is 13.6. The molecular formula is C14H15FN2O. The fourth-order valence-electron chi connectivity index (χ4n) is 2.76. The number of fused-ring (bicyclic) bond motifs is 1. The van der Waals surface area contributed by atoms with Crippen LogP contribution in [0.25, 0.3) is 0 Å². The van der Waals surface area contributed by atoms with Crippen LogP contribution in [0.2, 0.25) is 0 Å². The van der Waals surface area contributed by atoms with Crippen molar-refractivity contribution in [1.29, 1.82) is 0 Å². The topological polar surface area (TPSA) is 38.0 Å². The van der Waals surface area contributed by atoms with E-state index >= 15 is 0 Å². The van der Waals surface area contributed by atoms with Crippen LogP contribution in [0, 0.1) is 5.82 Å².